The number of halogens is 2. The van der Waals surface area contributed by atoms with Crippen molar-refractivity contribution in [3.63, 3.8) is 0 Å². The van der Waals surface area contributed by atoms with Crippen LogP contribution in [0.25, 0.3) is 11.0 Å². The number of aromatic nitrogens is 2. The van der Waals surface area contributed by atoms with Crippen LogP contribution in [0.15, 0.2) is 66.7 Å². The maximum atomic E-state index is 12.8. The highest BCUT2D eigenvalue weighted by atomic mass is 19.3. The molecule has 7 heteroatoms. The molecule has 0 saturated heterocycles. The molecular formula is C22H17F2N3O2. The largest absolute Gasteiger partial charge is 0.455 e. The molecule has 0 aliphatic carbocycles. The van der Waals surface area contributed by atoms with E-state index in [-0.39, 0.29) is 5.91 Å². The Balaban J connectivity index is 1.57. The summed E-state index contributed by atoms with van der Waals surface area (Å²) in [6.45, 7) is 1.98. The molecule has 0 spiro atoms. The lowest BCUT2D eigenvalue weighted by atomic mass is 10.2. The Hall–Kier alpha value is -3.74. The van der Waals surface area contributed by atoms with Crippen LogP contribution in [0, 0.1) is 6.92 Å². The molecule has 1 aromatic heterocycles. The third kappa shape index (κ3) is 4.08. The Kier molecular flexibility index (Phi) is 4.95. The van der Waals surface area contributed by atoms with Crippen molar-refractivity contribution in [2.24, 2.45) is 0 Å². The zero-order chi connectivity index (χ0) is 20.4. The number of nitrogens with one attached hydrogen (secondary N) is 2. The molecular weight excluding hydrogens is 376 g/mol. The van der Waals surface area contributed by atoms with Gasteiger partial charge in [0.1, 0.15) is 5.75 Å². The number of alkyl halides is 2. The molecule has 4 aromatic rings. The van der Waals surface area contributed by atoms with Gasteiger partial charge in [-0.15, -0.1) is 0 Å². The first-order valence-corrected chi connectivity index (χ1v) is 8.92. The summed E-state index contributed by atoms with van der Waals surface area (Å²) in [6.07, 6.45) is -2.70. The number of aryl methyl sites for hydroxylation is 1. The predicted octanol–water partition coefficient (Wildman–Crippen LogP) is 5.85. The van der Waals surface area contributed by atoms with Gasteiger partial charge in [0.2, 0.25) is 0 Å². The quantitative estimate of drug-likeness (QED) is 0.447. The average Bonchev–Trinajstić information content (AvgIpc) is 3.15. The first-order chi connectivity index (χ1) is 14.0. The smallest absolute Gasteiger partial charge is 0.295 e. The number of ether oxygens (including phenoxy) is 1. The molecule has 0 atom stereocenters. The lowest BCUT2D eigenvalue weighted by Crippen LogP contribution is -2.12. The molecule has 5 nitrogen and oxygen atoms in total. The van der Waals surface area contributed by atoms with E-state index in [9.17, 15) is 13.6 Å². The molecule has 0 radical (unpaired) electrons. The molecule has 1 amide bonds. The number of rotatable bonds is 5. The minimum atomic E-state index is -2.70. The summed E-state index contributed by atoms with van der Waals surface area (Å²) in [6, 6.07) is 19.2. The second-order valence-electron chi connectivity index (χ2n) is 6.52. The van der Waals surface area contributed by atoms with Gasteiger partial charge in [-0.25, -0.2) is 13.8 Å². The summed E-state index contributed by atoms with van der Waals surface area (Å²) in [7, 11) is 0. The van der Waals surface area contributed by atoms with Crippen molar-refractivity contribution in [1.82, 2.24) is 9.97 Å². The number of hydrogen-bond donors (Lipinski definition) is 2. The number of benzene rings is 3. The van der Waals surface area contributed by atoms with Crippen molar-refractivity contribution in [3.8, 4) is 11.5 Å². The predicted molar refractivity (Wildman–Crippen MR) is 107 cm³/mol. The SMILES string of the molecule is Cc1ccc(Oc2ccccc2NC(=O)c2ccc3nc(C(F)F)[nH]c3c2)cc1. The normalized spacial score (nSPS) is 11.0. The molecule has 29 heavy (non-hydrogen) atoms. The Morgan fingerprint density at radius 1 is 1.07 bits per heavy atom. The van der Waals surface area contributed by atoms with Gasteiger partial charge in [-0.05, 0) is 49.4 Å². The monoisotopic (exact) mass is 393 g/mol. The lowest BCUT2D eigenvalue weighted by molar-refractivity contribution is 0.102. The van der Waals surface area contributed by atoms with Crippen LogP contribution >= 0.6 is 0 Å². The number of anilines is 1. The molecule has 0 saturated carbocycles. The van der Waals surface area contributed by atoms with Crippen LogP contribution in [0.2, 0.25) is 0 Å². The molecule has 0 aliphatic rings. The van der Waals surface area contributed by atoms with E-state index in [1.165, 1.54) is 18.2 Å². The van der Waals surface area contributed by atoms with Gasteiger partial charge < -0.3 is 15.0 Å². The fourth-order valence-electron chi connectivity index (χ4n) is 2.86. The van der Waals surface area contributed by atoms with E-state index in [2.05, 4.69) is 15.3 Å². The molecule has 2 N–H and O–H groups in total. The minimum absolute atomic E-state index is 0.312. The maximum Gasteiger partial charge on any atom is 0.295 e. The van der Waals surface area contributed by atoms with Gasteiger partial charge in [0.25, 0.3) is 12.3 Å². The van der Waals surface area contributed by atoms with E-state index < -0.39 is 12.2 Å². The van der Waals surface area contributed by atoms with Crippen molar-refractivity contribution in [3.05, 3.63) is 83.7 Å². The van der Waals surface area contributed by atoms with E-state index in [1.54, 1.807) is 18.2 Å². The molecule has 3 aromatic carbocycles. The Bertz CT molecular complexity index is 1170. The summed E-state index contributed by atoms with van der Waals surface area (Å²) in [5, 5.41) is 2.81. The van der Waals surface area contributed by atoms with Crippen LogP contribution in [0.1, 0.15) is 28.2 Å². The number of hydrogen-bond acceptors (Lipinski definition) is 3. The van der Waals surface area contributed by atoms with E-state index >= 15 is 0 Å². The number of aromatic amines is 1. The number of nitrogens with zero attached hydrogens (tertiary/aromatic N) is 1. The number of carbonyl (C=O) groups is 1. The van der Waals surface area contributed by atoms with E-state index in [0.29, 0.717) is 33.8 Å². The molecule has 0 aliphatic heterocycles. The molecule has 1 heterocycles. The summed E-state index contributed by atoms with van der Waals surface area (Å²) in [5.41, 5.74) is 2.67. The van der Waals surface area contributed by atoms with Gasteiger partial charge in [-0.2, -0.15) is 0 Å². The highest BCUT2D eigenvalue weighted by molar-refractivity contribution is 6.06. The Morgan fingerprint density at radius 3 is 2.59 bits per heavy atom. The molecule has 4 rings (SSSR count). The van der Waals surface area contributed by atoms with E-state index in [4.69, 9.17) is 4.74 Å². The third-order valence-corrected chi connectivity index (χ3v) is 4.35. The van der Waals surface area contributed by atoms with Crippen molar-refractivity contribution < 1.29 is 18.3 Å². The fraction of sp³-hybridized carbons (Fsp3) is 0.0909. The van der Waals surface area contributed by atoms with Crippen LogP contribution < -0.4 is 10.1 Å². The van der Waals surface area contributed by atoms with E-state index in [0.717, 1.165) is 5.56 Å². The Morgan fingerprint density at radius 2 is 1.83 bits per heavy atom. The van der Waals surface area contributed by atoms with Gasteiger partial charge in [-0.3, -0.25) is 4.79 Å². The van der Waals surface area contributed by atoms with Crippen LogP contribution in [0.3, 0.4) is 0 Å². The van der Waals surface area contributed by atoms with Gasteiger partial charge in [0.15, 0.2) is 11.6 Å². The second-order valence-corrected chi connectivity index (χ2v) is 6.52. The molecule has 0 fully saturated rings. The van der Waals surface area contributed by atoms with Gasteiger partial charge in [0.05, 0.1) is 16.7 Å². The van der Waals surface area contributed by atoms with Crippen LogP contribution in [0.5, 0.6) is 11.5 Å². The van der Waals surface area contributed by atoms with Gasteiger partial charge in [0, 0.05) is 5.56 Å². The van der Waals surface area contributed by atoms with E-state index in [1.807, 2.05) is 37.3 Å². The van der Waals surface area contributed by atoms with Crippen LogP contribution in [0.4, 0.5) is 14.5 Å². The third-order valence-electron chi connectivity index (χ3n) is 4.35. The highest BCUT2D eigenvalue weighted by Gasteiger charge is 2.15. The zero-order valence-electron chi connectivity index (χ0n) is 15.4. The van der Waals surface area contributed by atoms with Crippen LogP contribution in [-0.2, 0) is 0 Å². The Labute approximate surface area is 165 Å². The first kappa shape index (κ1) is 18.6. The summed E-state index contributed by atoms with van der Waals surface area (Å²) >= 11 is 0. The number of para-hydroxylation sites is 2. The molecule has 0 bridgehead atoms. The second kappa shape index (κ2) is 7.71. The number of carbonyl (C=O) groups excluding carboxylic acids is 1. The average molecular weight is 393 g/mol. The lowest BCUT2D eigenvalue weighted by Gasteiger charge is -2.12. The first-order valence-electron chi connectivity index (χ1n) is 8.92. The number of H-pyrrole nitrogens is 1. The highest BCUT2D eigenvalue weighted by Crippen LogP contribution is 2.30. The summed E-state index contributed by atoms with van der Waals surface area (Å²) in [5.74, 6) is 0.331. The molecule has 0 unspecified atom stereocenters. The minimum Gasteiger partial charge on any atom is -0.455 e. The zero-order valence-corrected chi connectivity index (χ0v) is 15.4. The maximum absolute atomic E-state index is 12.8. The standard InChI is InChI=1S/C22H17F2N3O2/c1-13-6-9-15(10-7-13)29-19-5-3-2-4-17(19)27-22(28)14-8-11-16-18(12-14)26-21(25-16)20(23)24/h2-12,20H,1H3,(H,25,26)(H,27,28). The number of imidazole rings is 1. The van der Waals surface area contributed by atoms with Crippen molar-refractivity contribution in [2.75, 3.05) is 5.32 Å². The van der Waals surface area contributed by atoms with Gasteiger partial charge >= 0.3 is 0 Å². The number of amides is 1. The summed E-state index contributed by atoms with van der Waals surface area (Å²) < 4.78 is 31.5. The fourth-order valence-corrected chi connectivity index (χ4v) is 2.86. The van der Waals surface area contributed by atoms with Crippen molar-refractivity contribution >= 4 is 22.6 Å². The van der Waals surface area contributed by atoms with Crippen molar-refractivity contribution in [2.45, 2.75) is 13.3 Å². The summed E-state index contributed by atoms with van der Waals surface area (Å²) in [4.78, 5) is 19.0. The topological polar surface area (TPSA) is 67.0 Å². The van der Waals surface area contributed by atoms with Gasteiger partial charge in [-0.1, -0.05) is 29.8 Å². The van der Waals surface area contributed by atoms with Crippen LogP contribution in [-0.4, -0.2) is 15.9 Å². The molecule has 146 valence electrons. The van der Waals surface area contributed by atoms with Crippen molar-refractivity contribution in [1.29, 1.82) is 0 Å². The number of fused-ring (bicyclic) bond motifs is 1.